The van der Waals surface area contributed by atoms with Crippen molar-refractivity contribution < 1.29 is 14.3 Å². The van der Waals surface area contributed by atoms with E-state index in [1.807, 2.05) is 26.1 Å². The van der Waals surface area contributed by atoms with Crippen molar-refractivity contribution in [2.45, 2.75) is 26.7 Å². The van der Waals surface area contributed by atoms with E-state index in [1.54, 1.807) is 23.0 Å². The maximum absolute atomic E-state index is 13.6. The number of amides is 1. The zero-order valence-corrected chi connectivity index (χ0v) is 25.0. The largest absolute Gasteiger partial charge is 0.492 e. The zero-order valence-electron chi connectivity index (χ0n) is 25.0. The highest BCUT2D eigenvalue weighted by Gasteiger charge is 2.29. The van der Waals surface area contributed by atoms with Crippen LogP contribution in [0, 0.1) is 12.8 Å². The number of piperazine rings is 1. The van der Waals surface area contributed by atoms with Crippen LogP contribution < -0.4 is 19.7 Å². The van der Waals surface area contributed by atoms with Crippen LogP contribution >= 0.6 is 0 Å². The van der Waals surface area contributed by atoms with E-state index >= 15 is 0 Å². The standard InChI is InChI=1S/C31H40N8O3/c1-21-6-5-14-42-30-25(19-32-37(30)4)27-17-23(16-22(2)33-27)29(40)35-31-34-26-8-7-24(18-28(26)39(31)20-21)41-15-13-38-11-9-36(3)10-12-38/h7-8,16-19,21H,5-6,9-15,20H2,1-4H3,(H,34,35,40)/t21-/m1/s1. The van der Waals surface area contributed by atoms with Crippen LogP contribution in [-0.4, -0.2) is 96.0 Å². The summed E-state index contributed by atoms with van der Waals surface area (Å²) >= 11 is 0. The van der Waals surface area contributed by atoms with Crippen molar-refractivity contribution in [2.24, 2.45) is 18.0 Å². The van der Waals surface area contributed by atoms with Crippen LogP contribution in [0.15, 0.2) is 41.5 Å². The van der Waals surface area contributed by atoms with Gasteiger partial charge >= 0.3 is 0 Å². The lowest BCUT2D eigenvalue weighted by atomic mass is 10.1. The second-order valence-electron chi connectivity index (χ2n) is 11.6. The third-order valence-electron chi connectivity index (χ3n) is 8.18. The Morgan fingerprint density at radius 3 is 2.79 bits per heavy atom. The van der Waals surface area contributed by atoms with E-state index in [9.17, 15) is 4.79 Å². The smallest absolute Gasteiger partial charge is 0.280 e. The van der Waals surface area contributed by atoms with Crippen LogP contribution in [0.3, 0.4) is 0 Å². The number of fused-ring (bicyclic) bond motifs is 7. The molecule has 0 saturated carbocycles. The minimum atomic E-state index is -0.334. The summed E-state index contributed by atoms with van der Waals surface area (Å²) in [4.78, 5) is 29.8. The number of aromatic nitrogens is 3. The number of hydrogen-bond donors (Lipinski definition) is 1. The molecular formula is C31H40N8O3. The molecule has 3 aliphatic heterocycles. The number of aryl methyl sites for hydroxylation is 2. The van der Waals surface area contributed by atoms with Gasteiger partial charge in [-0.25, -0.2) is 4.68 Å². The molecule has 222 valence electrons. The molecule has 1 amide bonds. The average Bonchev–Trinajstić information content (AvgIpc) is 3.50. The molecule has 1 fully saturated rings. The number of nitrogens with one attached hydrogen (secondary N) is 1. The number of likely N-dealkylation sites (N-methyl/N-ethyl adjacent to an activating group) is 1. The van der Waals surface area contributed by atoms with Crippen LogP contribution in [0.25, 0.3) is 11.3 Å². The fraction of sp³-hybridized carbons (Fsp3) is 0.484. The third-order valence-corrected chi connectivity index (χ3v) is 8.18. The Morgan fingerprint density at radius 2 is 1.95 bits per heavy atom. The summed E-state index contributed by atoms with van der Waals surface area (Å²) in [6, 6.07) is 9.59. The number of carbonyl (C=O) groups excluding carboxylic acids is 1. The first-order valence-corrected chi connectivity index (χ1v) is 14.8. The van der Waals surface area contributed by atoms with Gasteiger partial charge in [-0.2, -0.15) is 10.1 Å². The number of benzene rings is 1. The summed E-state index contributed by atoms with van der Waals surface area (Å²) in [6.45, 7) is 11.2. The monoisotopic (exact) mass is 572 g/mol. The van der Waals surface area contributed by atoms with Gasteiger partial charge in [0.1, 0.15) is 12.4 Å². The van der Waals surface area contributed by atoms with E-state index < -0.39 is 0 Å². The number of ether oxygens (including phenoxy) is 2. The van der Waals surface area contributed by atoms with Gasteiger partial charge in [0.05, 0.1) is 35.4 Å². The Bertz CT molecular complexity index is 1480. The highest BCUT2D eigenvalue weighted by atomic mass is 16.5. The van der Waals surface area contributed by atoms with Gasteiger partial charge in [0.25, 0.3) is 5.91 Å². The van der Waals surface area contributed by atoms with Crippen LogP contribution in [-0.2, 0) is 7.05 Å². The van der Waals surface area contributed by atoms with Crippen LogP contribution in [0.5, 0.6) is 11.6 Å². The quantitative estimate of drug-likeness (QED) is 0.502. The molecular weight excluding hydrogens is 532 g/mol. The Kier molecular flexibility index (Phi) is 8.12. The van der Waals surface area contributed by atoms with Gasteiger partial charge in [0.2, 0.25) is 11.8 Å². The highest BCUT2D eigenvalue weighted by Crippen LogP contribution is 2.37. The average molecular weight is 573 g/mol. The summed E-state index contributed by atoms with van der Waals surface area (Å²) < 4.78 is 14.1. The van der Waals surface area contributed by atoms with Crippen molar-refractivity contribution >= 4 is 23.2 Å². The van der Waals surface area contributed by atoms with Crippen molar-refractivity contribution in [3.63, 3.8) is 0 Å². The van der Waals surface area contributed by atoms with E-state index in [4.69, 9.17) is 9.47 Å². The van der Waals surface area contributed by atoms with Crippen LogP contribution in [0.2, 0.25) is 0 Å². The minimum Gasteiger partial charge on any atom is -0.492 e. The van der Waals surface area contributed by atoms with E-state index in [2.05, 4.69) is 55.1 Å². The van der Waals surface area contributed by atoms with Crippen molar-refractivity contribution in [1.82, 2.24) is 24.6 Å². The zero-order chi connectivity index (χ0) is 29.2. The topological polar surface area (TPSA) is 100 Å². The maximum Gasteiger partial charge on any atom is 0.280 e. The van der Waals surface area contributed by atoms with Gasteiger partial charge < -0.3 is 24.6 Å². The number of aliphatic imine (C=N–C) groups is 1. The molecule has 11 nitrogen and oxygen atoms in total. The second kappa shape index (κ2) is 12.1. The predicted molar refractivity (Wildman–Crippen MR) is 164 cm³/mol. The van der Waals surface area contributed by atoms with Crippen molar-refractivity contribution in [1.29, 1.82) is 0 Å². The Morgan fingerprint density at radius 1 is 1.12 bits per heavy atom. The molecule has 1 atom stereocenters. The molecule has 3 aliphatic rings. The molecule has 42 heavy (non-hydrogen) atoms. The third kappa shape index (κ3) is 6.12. The first-order valence-electron chi connectivity index (χ1n) is 14.8. The number of rotatable bonds is 4. The number of nitrogens with zero attached hydrogens (tertiary/aromatic N) is 7. The predicted octanol–water partition coefficient (Wildman–Crippen LogP) is 3.65. The molecule has 1 saturated heterocycles. The van der Waals surface area contributed by atoms with Gasteiger partial charge in [-0.15, -0.1) is 0 Å². The molecule has 6 rings (SSSR count). The second-order valence-corrected chi connectivity index (χ2v) is 11.6. The Labute approximate surface area is 247 Å². The first kappa shape index (κ1) is 28.2. The molecule has 0 radical (unpaired) electrons. The molecule has 2 aromatic heterocycles. The lowest BCUT2D eigenvalue weighted by molar-refractivity contribution is 0.100. The van der Waals surface area contributed by atoms with Crippen molar-refractivity contribution in [3.05, 3.63) is 47.8 Å². The summed E-state index contributed by atoms with van der Waals surface area (Å²) in [5.41, 5.74) is 4.48. The van der Waals surface area contributed by atoms with Gasteiger partial charge in [0.15, 0.2) is 0 Å². The molecule has 1 aromatic carbocycles. The Balaban J connectivity index is 1.26. The van der Waals surface area contributed by atoms with E-state index in [0.29, 0.717) is 48.8 Å². The summed E-state index contributed by atoms with van der Waals surface area (Å²) in [5, 5.41) is 7.78. The summed E-state index contributed by atoms with van der Waals surface area (Å²) in [5.74, 6) is 1.98. The van der Waals surface area contributed by atoms with Crippen molar-refractivity contribution in [3.8, 4) is 22.9 Å². The normalized spacial score (nSPS) is 21.1. The molecule has 11 heteroatoms. The summed E-state index contributed by atoms with van der Waals surface area (Å²) in [6.07, 6.45) is 3.57. The number of carbonyl (C=O) groups is 1. The molecule has 0 aliphatic carbocycles. The van der Waals surface area contributed by atoms with Crippen LogP contribution in [0.4, 0.5) is 11.4 Å². The van der Waals surface area contributed by atoms with Gasteiger partial charge in [0, 0.05) is 63.6 Å². The number of pyridine rings is 1. The van der Waals surface area contributed by atoms with E-state index in [0.717, 1.165) is 73.9 Å². The fourth-order valence-electron chi connectivity index (χ4n) is 5.74. The lowest BCUT2D eigenvalue weighted by Gasteiger charge is -2.32. The number of guanidine groups is 1. The molecule has 3 aromatic rings. The molecule has 2 bridgehead atoms. The van der Waals surface area contributed by atoms with E-state index in [-0.39, 0.29) is 5.91 Å². The lowest BCUT2D eigenvalue weighted by Crippen LogP contribution is -2.45. The van der Waals surface area contributed by atoms with Gasteiger partial charge in [-0.05, 0) is 57.0 Å². The number of hydrogen-bond acceptors (Lipinski definition) is 9. The maximum atomic E-state index is 13.6. The summed E-state index contributed by atoms with van der Waals surface area (Å²) in [7, 11) is 4.02. The SMILES string of the molecule is Cc1cc2cc(n1)-c1cnn(C)c1OCCC[C@@H](C)CN1/C(=N/C2=O)Nc2ccc(OCCN3CCN(C)CC3)cc21. The highest BCUT2D eigenvalue weighted by molar-refractivity contribution is 6.19. The van der Waals surface area contributed by atoms with Gasteiger partial charge in [-0.1, -0.05) is 6.92 Å². The van der Waals surface area contributed by atoms with Gasteiger partial charge in [-0.3, -0.25) is 14.7 Å². The first-order chi connectivity index (χ1) is 20.3. The minimum absolute atomic E-state index is 0.324. The van der Waals surface area contributed by atoms with Crippen molar-refractivity contribution in [2.75, 3.05) is 69.7 Å². The molecule has 5 heterocycles. The van der Waals surface area contributed by atoms with E-state index in [1.165, 1.54) is 0 Å². The van der Waals surface area contributed by atoms with Crippen LogP contribution in [0.1, 0.15) is 35.8 Å². The Hall–Kier alpha value is -3.96. The fourth-order valence-corrected chi connectivity index (χ4v) is 5.74. The molecule has 0 unspecified atom stereocenters. The molecule has 1 N–H and O–H groups in total. The number of anilines is 2. The molecule has 0 spiro atoms.